The number of benzene rings is 1. The van der Waals surface area contributed by atoms with Crippen molar-refractivity contribution in [3.8, 4) is 11.3 Å². The van der Waals surface area contributed by atoms with Crippen molar-refractivity contribution in [3.05, 3.63) is 76.5 Å². The lowest BCUT2D eigenvalue weighted by Crippen LogP contribution is -2.29. The third kappa shape index (κ3) is 3.37. The van der Waals surface area contributed by atoms with Gasteiger partial charge in [0.1, 0.15) is 23.4 Å². The maximum absolute atomic E-state index is 13.4. The predicted octanol–water partition coefficient (Wildman–Crippen LogP) is 5.24. The highest BCUT2D eigenvalue weighted by molar-refractivity contribution is 9.10. The predicted molar refractivity (Wildman–Crippen MR) is 110 cm³/mol. The molecule has 0 unspecified atom stereocenters. The van der Waals surface area contributed by atoms with E-state index in [9.17, 15) is 4.39 Å². The van der Waals surface area contributed by atoms with E-state index in [-0.39, 0.29) is 17.9 Å². The maximum atomic E-state index is 13.4. The summed E-state index contributed by atoms with van der Waals surface area (Å²) in [6, 6.07) is 14.0. The van der Waals surface area contributed by atoms with E-state index in [1.54, 1.807) is 12.3 Å². The second-order valence-electron chi connectivity index (χ2n) is 6.24. The smallest absolute Gasteiger partial charge is 0.170 e. The van der Waals surface area contributed by atoms with Gasteiger partial charge in [0.05, 0.1) is 11.7 Å². The van der Waals surface area contributed by atoms with Crippen LogP contribution in [-0.4, -0.2) is 21.5 Å². The Bertz CT molecular complexity index is 978. The van der Waals surface area contributed by atoms with Crippen LogP contribution in [0.1, 0.15) is 30.5 Å². The number of hydrogen-bond donors (Lipinski definition) is 1. The van der Waals surface area contributed by atoms with E-state index >= 15 is 0 Å². The highest BCUT2D eigenvalue weighted by atomic mass is 79.9. The van der Waals surface area contributed by atoms with Crippen LogP contribution in [-0.2, 0) is 0 Å². The number of halogens is 2. The molecule has 4 rings (SSSR count). The molecule has 1 saturated heterocycles. The van der Waals surface area contributed by atoms with Crippen LogP contribution in [0.4, 0.5) is 4.39 Å². The van der Waals surface area contributed by atoms with Crippen molar-refractivity contribution in [1.82, 2.24) is 15.2 Å². The standard InChI is InChI=1S/C20H17BrFN3OS/c1-2-25-19(18(24-20(25)27)15-5-3-4-10-23-15)17-9-8-16(26-17)13-7-6-12(22)11-14(13)21/h3-11,18-19H,2H2,1H3,(H,24,27)/t18-,19-/m0/s1. The van der Waals surface area contributed by atoms with Gasteiger partial charge in [-0.2, -0.15) is 0 Å². The van der Waals surface area contributed by atoms with Gasteiger partial charge in [-0.1, -0.05) is 6.07 Å². The Balaban J connectivity index is 1.73. The Morgan fingerprint density at radius 2 is 2.11 bits per heavy atom. The van der Waals surface area contributed by atoms with Gasteiger partial charge in [0.25, 0.3) is 0 Å². The minimum Gasteiger partial charge on any atom is -0.459 e. The van der Waals surface area contributed by atoms with Crippen LogP contribution in [0.5, 0.6) is 0 Å². The second kappa shape index (κ2) is 7.40. The van der Waals surface area contributed by atoms with Crippen molar-refractivity contribution in [3.63, 3.8) is 0 Å². The molecule has 3 aromatic rings. The SMILES string of the molecule is CCN1C(=S)N[C@@H](c2ccccn2)[C@@H]1c1ccc(-c2ccc(F)cc2Br)o1. The first kappa shape index (κ1) is 18.1. The quantitative estimate of drug-likeness (QED) is 0.556. The van der Waals surface area contributed by atoms with Gasteiger partial charge in [-0.25, -0.2) is 4.39 Å². The number of furan rings is 1. The molecule has 1 aliphatic heterocycles. The summed E-state index contributed by atoms with van der Waals surface area (Å²) in [5, 5.41) is 4.04. The van der Waals surface area contributed by atoms with E-state index in [1.165, 1.54) is 12.1 Å². The molecule has 2 aromatic heterocycles. The van der Waals surface area contributed by atoms with E-state index in [2.05, 4.69) is 38.1 Å². The second-order valence-corrected chi connectivity index (χ2v) is 7.48. The number of rotatable bonds is 4. The molecule has 0 spiro atoms. The zero-order valence-electron chi connectivity index (χ0n) is 14.5. The summed E-state index contributed by atoms with van der Waals surface area (Å²) >= 11 is 8.93. The Kier molecular flexibility index (Phi) is 4.97. The van der Waals surface area contributed by atoms with Crippen molar-refractivity contribution in [1.29, 1.82) is 0 Å². The lowest BCUT2D eigenvalue weighted by Gasteiger charge is -2.24. The Morgan fingerprint density at radius 3 is 2.81 bits per heavy atom. The van der Waals surface area contributed by atoms with Gasteiger partial charge in [-0.05, 0) is 77.5 Å². The number of pyridine rings is 1. The van der Waals surface area contributed by atoms with Crippen LogP contribution in [0, 0.1) is 5.82 Å². The molecule has 0 saturated carbocycles. The van der Waals surface area contributed by atoms with Crippen LogP contribution in [0.25, 0.3) is 11.3 Å². The largest absolute Gasteiger partial charge is 0.459 e. The molecule has 27 heavy (non-hydrogen) atoms. The molecule has 7 heteroatoms. The highest BCUT2D eigenvalue weighted by Gasteiger charge is 2.40. The minimum absolute atomic E-state index is 0.102. The monoisotopic (exact) mass is 445 g/mol. The van der Waals surface area contributed by atoms with Gasteiger partial charge in [0.15, 0.2) is 5.11 Å². The van der Waals surface area contributed by atoms with Gasteiger partial charge >= 0.3 is 0 Å². The maximum Gasteiger partial charge on any atom is 0.170 e. The average Bonchev–Trinajstić information content (AvgIpc) is 3.26. The summed E-state index contributed by atoms with van der Waals surface area (Å²) in [6.07, 6.45) is 1.77. The summed E-state index contributed by atoms with van der Waals surface area (Å²) in [4.78, 5) is 6.58. The first-order chi connectivity index (χ1) is 13.1. The Labute approximate surface area is 170 Å². The summed E-state index contributed by atoms with van der Waals surface area (Å²) in [7, 11) is 0. The number of likely N-dealkylation sites (N-methyl/N-ethyl adjacent to an activating group) is 1. The molecule has 1 aromatic carbocycles. The van der Waals surface area contributed by atoms with Crippen LogP contribution in [0.15, 0.2) is 63.6 Å². The van der Waals surface area contributed by atoms with Crippen molar-refractivity contribution >= 4 is 33.3 Å². The first-order valence-corrected chi connectivity index (χ1v) is 9.82. The topological polar surface area (TPSA) is 41.3 Å². The summed E-state index contributed by atoms with van der Waals surface area (Å²) in [5.74, 6) is 1.16. The Morgan fingerprint density at radius 1 is 1.26 bits per heavy atom. The van der Waals surface area contributed by atoms with Crippen LogP contribution < -0.4 is 5.32 Å². The lowest BCUT2D eigenvalue weighted by atomic mass is 10.0. The van der Waals surface area contributed by atoms with Crippen LogP contribution >= 0.6 is 28.1 Å². The molecule has 0 amide bonds. The number of nitrogens with one attached hydrogen (secondary N) is 1. The average molecular weight is 446 g/mol. The number of nitrogens with zero attached hydrogens (tertiary/aromatic N) is 2. The Hall–Kier alpha value is -2.25. The number of thiocarbonyl (C=S) groups is 1. The molecule has 4 nitrogen and oxygen atoms in total. The van der Waals surface area contributed by atoms with Crippen LogP contribution in [0.2, 0.25) is 0 Å². The number of aromatic nitrogens is 1. The third-order valence-corrected chi connectivity index (χ3v) is 5.66. The van der Waals surface area contributed by atoms with Gasteiger partial charge in [-0.3, -0.25) is 4.98 Å². The summed E-state index contributed by atoms with van der Waals surface area (Å²) < 4.78 is 20.2. The van der Waals surface area contributed by atoms with Crippen molar-refractivity contribution in [2.75, 3.05) is 6.54 Å². The molecule has 0 radical (unpaired) electrons. The lowest BCUT2D eigenvalue weighted by molar-refractivity contribution is 0.284. The molecule has 1 N–H and O–H groups in total. The summed E-state index contributed by atoms with van der Waals surface area (Å²) in [5.41, 5.74) is 1.70. The number of hydrogen-bond acceptors (Lipinski definition) is 3. The zero-order valence-corrected chi connectivity index (χ0v) is 16.9. The molecular weight excluding hydrogens is 429 g/mol. The van der Waals surface area contributed by atoms with E-state index in [0.29, 0.717) is 15.3 Å². The van der Waals surface area contributed by atoms with Crippen molar-refractivity contribution in [2.45, 2.75) is 19.0 Å². The zero-order chi connectivity index (χ0) is 19.0. The van der Waals surface area contributed by atoms with Crippen molar-refractivity contribution in [2.24, 2.45) is 0 Å². The fraction of sp³-hybridized carbons (Fsp3) is 0.200. The van der Waals surface area contributed by atoms with Gasteiger partial charge < -0.3 is 14.6 Å². The minimum atomic E-state index is -0.296. The molecule has 0 aliphatic carbocycles. The molecule has 2 atom stereocenters. The van der Waals surface area contributed by atoms with Gasteiger partial charge in [-0.15, -0.1) is 0 Å². The van der Waals surface area contributed by atoms with E-state index in [4.69, 9.17) is 16.6 Å². The first-order valence-electron chi connectivity index (χ1n) is 8.61. The van der Waals surface area contributed by atoms with Gasteiger partial charge in [0, 0.05) is 22.8 Å². The molecule has 1 aliphatic rings. The molecular formula is C20H17BrFN3OS. The van der Waals surface area contributed by atoms with E-state index in [1.807, 2.05) is 30.3 Å². The molecule has 1 fully saturated rings. The molecule has 138 valence electrons. The summed E-state index contributed by atoms with van der Waals surface area (Å²) in [6.45, 7) is 2.80. The van der Waals surface area contributed by atoms with Crippen LogP contribution in [0.3, 0.4) is 0 Å². The van der Waals surface area contributed by atoms with Gasteiger partial charge in [0.2, 0.25) is 0 Å². The van der Waals surface area contributed by atoms with E-state index in [0.717, 1.165) is 23.6 Å². The molecule has 3 heterocycles. The normalized spacial score (nSPS) is 19.4. The highest BCUT2D eigenvalue weighted by Crippen LogP contribution is 2.41. The molecule has 0 bridgehead atoms. The van der Waals surface area contributed by atoms with Crippen molar-refractivity contribution < 1.29 is 8.81 Å². The fourth-order valence-corrected chi connectivity index (χ4v) is 4.32. The van der Waals surface area contributed by atoms with E-state index < -0.39 is 0 Å². The fourth-order valence-electron chi connectivity index (χ4n) is 3.40. The third-order valence-electron chi connectivity index (χ3n) is 4.65.